The molecule has 0 fully saturated rings. The van der Waals surface area contributed by atoms with E-state index in [-0.39, 0.29) is 5.78 Å². The van der Waals surface area contributed by atoms with Gasteiger partial charge in [-0.15, -0.1) is 0 Å². The molecule has 0 saturated heterocycles. The SMILES string of the molecule is CCc1ccc(CBr)cc1CC(=O)CBr. The fourth-order valence-corrected chi connectivity index (χ4v) is 2.08. The van der Waals surface area contributed by atoms with Crippen molar-refractivity contribution in [3.8, 4) is 0 Å². The summed E-state index contributed by atoms with van der Waals surface area (Å²) in [5.41, 5.74) is 3.66. The maximum atomic E-state index is 11.4. The first-order valence-electron chi connectivity index (χ1n) is 4.95. The first-order chi connectivity index (χ1) is 7.21. The number of hydrogen-bond acceptors (Lipinski definition) is 1. The Labute approximate surface area is 108 Å². The number of halogens is 2. The van der Waals surface area contributed by atoms with Crippen molar-refractivity contribution in [1.29, 1.82) is 0 Å². The van der Waals surface area contributed by atoms with Gasteiger partial charge in [-0.1, -0.05) is 57.0 Å². The van der Waals surface area contributed by atoms with Gasteiger partial charge < -0.3 is 0 Å². The van der Waals surface area contributed by atoms with E-state index in [9.17, 15) is 4.79 Å². The van der Waals surface area contributed by atoms with Crippen LogP contribution in [0, 0.1) is 0 Å². The van der Waals surface area contributed by atoms with E-state index >= 15 is 0 Å². The van der Waals surface area contributed by atoms with Gasteiger partial charge in [-0.05, 0) is 23.1 Å². The van der Waals surface area contributed by atoms with Gasteiger partial charge in [-0.2, -0.15) is 0 Å². The van der Waals surface area contributed by atoms with Gasteiger partial charge in [-0.25, -0.2) is 0 Å². The molecule has 0 aliphatic carbocycles. The van der Waals surface area contributed by atoms with Crippen LogP contribution in [0.3, 0.4) is 0 Å². The third-order valence-electron chi connectivity index (χ3n) is 2.34. The summed E-state index contributed by atoms with van der Waals surface area (Å²) < 4.78 is 0. The molecule has 0 saturated carbocycles. The van der Waals surface area contributed by atoms with Gasteiger partial charge in [0.2, 0.25) is 0 Å². The van der Waals surface area contributed by atoms with E-state index in [4.69, 9.17) is 0 Å². The van der Waals surface area contributed by atoms with Crippen LogP contribution in [0.5, 0.6) is 0 Å². The molecular weight excluding hydrogens is 320 g/mol. The lowest BCUT2D eigenvalue weighted by molar-refractivity contribution is -0.115. The molecule has 0 spiro atoms. The zero-order valence-corrected chi connectivity index (χ0v) is 11.9. The second kappa shape index (κ2) is 6.44. The van der Waals surface area contributed by atoms with Gasteiger partial charge in [0.15, 0.2) is 0 Å². The molecule has 3 heteroatoms. The van der Waals surface area contributed by atoms with Gasteiger partial charge in [-0.3, -0.25) is 4.79 Å². The zero-order chi connectivity index (χ0) is 11.3. The Hall–Kier alpha value is -0.150. The van der Waals surface area contributed by atoms with E-state index < -0.39 is 0 Å². The summed E-state index contributed by atoms with van der Waals surface area (Å²) in [6, 6.07) is 6.34. The van der Waals surface area contributed by atoms with Crippen molar-refractivity contribution in [2.75, 3.05) is 5.33 Å². The van der Waals surface area contributed by atoms with Crippen LogP contribution in [-0.4, -0.2) is 11.1 Å². The van der Waals surface area contributed by atoms with Crippen molar-refractivity contribution in [2.24, 2.45) is 0 Å². The molecule has 0 radical (unpaired) electrons. The normalized spacial score (nSPS) is 10.3. The Bertz CT molecular complexity index is 347. The number of alkyl halides is 2. The molecule has 0 aliphatic heterocycles. The number of rotatable bonds is 5. The number of ketones is 1. The molecule has 1 aromatic rings. The molecule has 1 nitrogen and oxygen atoms in total. The number of aryl methyl sites for hydroxylation is 1. The molecule has 82 valence electrons. The summed E-state index contributed by atoms with van der Waals surface area (Å²) in [5.74, 6) is 0.233. The van der Waals surface area contributed by atoms with Crippen LogP contribution in [0.25, 0.3) is 0 Å². The lowest BCUT2D eigenvalue weighted by atomic mass is 9.99. The van der Waals surface area contributed by atoms with Crippen LogP contribution in [0.4, 0.5) is 0 Å². The smallest absolute Gasteiger partial charge is 0.147 e. The summed E-state index contributed by atoms with van der Waals surface area (Å²) in [4.78, 5) is 11.4. The standard InChI is InChI=1S/C12H14Br2O/c1-2-10-4-3-9(7-13)5-11(10)6-12(15)8-14/h3-5H,2,6-8H2,1H3. The molecule has 1 aromatic carbocycles. The highest BCUT2D eigenvalue weighted by Crippen LogP contribution is 2.16. The van der Waals surface area contributed by atoms with Crippen LogP contribution in [0.2, 0.25) is 0 Å². The quantitative estimate of drug-likeness (QED) is 0.752. The predicted octanol–water partition coefficient (Wildman–Crippen LogP) is 3.65. The Morgan fingerprint density at radius 1 is 1.27 bits per heavy atom. The van der Waals surface area contributed by atoms with Crippen molar-refractivity contribution in [3.63, 3.8) is 0 Å². The summed E-state index contributed by atoms with van der Waals surface area (Å²) in [7, 11) is 0. The van der Waals surface area contributed by atoms with Gasteiger partial charge >= 0.3 is 0 Å². The Morgan fingerprint density at radius 2 is 2.00 bits per heavy atom. The maximum Gasteiger partial charge on any atom is 0.147 e. The average molecular weight is 334 g/mol. The first-order valence-corrected chi connectivity index (χ1v) is 7.19. The van der Waals surface area contributed by atoms with Crippen LogP contribution in [0.15, 0.2) is 18.2 Å². The topological polar surface area (TPSA) is 17.1 Å². The minimum Gasteiger partial charge on any atom is -0.298 e. The summed E-state index contributed by atoms with van der Waals surface area (Å²) in [5, 5.41) is 1.28. The van der Waals surface area contributed by atoms with Gasteiger partial charge in [0.05, 0.1) is 5.33 Å². The van der Waals surface area contributed by atoms with E-state index in [1.807, 2.05) is 0 Å². The van der Waals surface area contributed by atoms with E-state index in [1.165, 1.54) is 16.7 Å². The minimum absolute atomic E-state index is 0.233. The van der Waals surface area contributed by atoms with Crippen molar-refractivity contribution >= 4 is 37.6 Å². The molecule has 0 heterocycles. The molecule has 0 bridgehead atoms. The van der Waals surface area contributed by atoms with E-state index in [2.05, 4.69) is 57.0 Å². The fourth-order valence-electron chi connectivity index (χ4n) is 1.53. The van der Waals surface area contributed by atoms with Crippen LogP contribution in [0.1, 0.15) is 23.6 Å². The van der Waals surface area contributed by atoms with Crippen LogP contribution < -0.4 is 0 Å². The Morgan fingerprint density at radius 3 is 2.53 bits per heavy atom. The molecule has 0 atom stereocenters. The zero-order valence-electron chi connectivity index (χ0n) is 8.72. The number of benzene rings is 1. The summed E-state index contributed by atoms with van der Waals surface area (Å²) in [6.45, 7) is 2.12. The lowest BCUT2D eigenvalue weighted by Gasteiger charge is -2.08. The van der Waals surface area contributed by atoms with Crippen molar-refractivity contribution in [1.82, 2.24) is 0 Å². The monoisotopic (exact) mass is 332 g/mol. The van der Waals surface area contributed by atoms with Gasteiger partial charge in [0, 0.05) is 11.8 Å². The first kappa shape index (κ1) is 12.9. The predicted molar refractivity (Wildman–Crippen MR) is 71.0 cm³/mol. The van der Waals surface area contributed by atoms with E-state index in [0.717, 1.165) is 11.8 Å². The molecule has 0 amide bonds. The lowest BCUT2D eigenvalue weighted by Crippen LogP contribution is -2.06. The molecule has 1 rings (SSSR count). The highest BCUT2D eigenvalue weighted by Gasteiger charge is 2.07. The summed E-state index contributed by atoms with van der Waals surface area (Å²) in [6.07, 6.45) is 1.52. The van der Waals surface area contributed by atoms with Crippen LogP contribution >= 0.6 is 31.9 Å². The van der Waals surface area contributed by atoms with E-state index in [0.29, 0.717) is 11.8 Å². The maximum absolute atomic E-state index is 11.4. The van der Waals surface area contributed by atoms with Crippen LogP contribution in [-0.2, 0) is 23.0 Å². The van der Waals surface area contributed by atoms with Crippen molar-refractivity contribution in [3.05, 3.63) is 34.9 Å². The highest BCUT2D eigenvalue weighted by molar-refractivity contribution is 9.09. The summed E-state index contributed by atoms with van der Waals surface area (Å²) >= 11 is 6.62. The molecule has 0 aromatic heterocycles. The third kappa shape index (κ3) is 3.72. The van der Waals surface area contributed by atoms with E-state index in [1.54, 1.807) is 0 Å². The molecule has 15 heavy (non-hydrogen) atoms. The number of Topliss-reactive ketones (excluding diaryl/α,β-unsaturated/α-hetero) is 1. The minimum atomic E-state index is 0.233. The molecule has 0 N–H and O–H groups in total. The van der Waals surface area contributed by atoms with Crippen molar-refractivity contribution < 1.29 is 4.79 Å². The highest BCUT2D eigenvalue weighted by atomic mass is 79.9. The molecular formula is C12H14Br2O. The fraction of sp³-hybridized carbons (Fsp3) is 0.417. The number of carbonyl (C=O) groups excluding carboxylic acids is 1. The molecule has 0 aliphatic rings. The number of carbonyl (C=O) groups is 1. The second-order valence-corrected chi connectivity index (χ2v) is 4.56. The average Bonchev–Trinajstić information content (AvgIpc) is 2.28. The number of hydrogen-bond donors (Lipinski definition) is 0. The molecule has 0 unspecified atom stereocenters. The van der Waals surface area contributed by atoms with Crippen molar-refractivity contribution in [2.45, 2.75) is 25.1 Å². The second-order valence-electron chi connectivity index (χ2n) is 3.44. The van der Waals surface area contributed by atoms with Gasteiger partial charge in [0.1, 0.15) is 5.78 Å². The Balaban J connectivity index is 2.95. The Kier molecular flexibility index (Phi) is 5.54. The largest absolute Gasteiger partial charge is 0.298 e. The van der Waals surface area contributed by atoms with Gasteiger partial charge in [0.25, 0.3) is 0 Å². The third-order valence-corrected chi connectivity index (χ3v) is 3.62.